The van der Waals surface area contributed by atoms with Gasteiger partial charge < -0.3 is 20.1 Å². The Bertz CT molecular complexity index is 1040. The summed E-state index contributed by atoms with van der Waals surface area (Å²) >= 11 is 0. The number of phosphoric ester groups is 1. The molecule has 2 unspecified atom stereocenters. The summed E-state index contributed by atoms with van der Waals surface area (Å²) in [5, 5.41) is 0. The summed E-state index contributed by atoms with van der Waals surface area (Å²) < 4.78 is 32.8. The van der Waals surface area contributed by atoms with E-state index in [0.29, 0.717) is 12.8 Å². The van der Waals surface area contributed by atoms with E-state index in [2.05, 4.69) is 62.5 Å². The zero-order valence-corrected chi connectivity index (χ0v) is 36.0. The molecule has 9 nitrogen and oxygen atoms in total. The molecule has 0 bridgehead atoms. The first-order chi connectivity index (χ1) is 26.8. The van der Waals surface area contributed by atoms with Crippen LogP contribution in [0.15, 0.2) is 48.6 Å². The predicted octanol–water partition coefficient (Wildman–Crippen LogP) is 12.7. The van der Waals surface area contributed by atoms with Gasteiger partial charge in [-0.3, -0.25) is 18.6 Å². The van der Waals surface area contributed by atoms with Crippen molar-refractivity contribution in [2.24, 2.45) is 5.73 Å². The van der Waals surface area contributed by atoms with Gasteiger partial charge in [-0.2, -0.15) is 0 Å². The van der Waals surface area contributed by atoms with Gasteiger partial charge in [-0.05, 0) is 51.4 Å². The van der Waals surface area contributed by atoms with Crippen molar-refractivity contribution in [3.05, 3.63) is 48.6 Å². The Hall–Kier alpha value is -2.03. The first-order valence-electron chi connectivity index (χ1n) is 22.1. The van der Waals surface area contributed by atoms with E-state index in [1.807, 2.05) is 0 Å². The van der Waals surface area contributed by atoms with Crippen LogP contribution in [-0.4, -0.2) is 49.3 Å². The lowest BCUT2D eigenvalue weighted by Crippen LogP contribution is -2.29. The van der Waals surface area contributed by atoms with Crippen molar-refractivity contribution >= 4 is 19.8 Å². The Morgan fingerprint density at radius 3 is 1.49 bits per heavy atom. The number of hydrogen-bond acceptors (Lipinski definition) is 8. The largest absolute Gasteiger partial charge is 0.472 e. The molecule has 0 amide bonds. The molecular weight excluding hydrogens is 713 g/mol. The highest BCUT2D eigenvalue weighted by Crippen LogP contribution is 2.43. The lowest BCUT2D eigenvalue weighted by Gasteiger charge is -2.19. The molecule has 3 N–H and O–H groups in total. The van der Waals surface area contributed by atoms with Gasteiger partial charge >= 0.3 is 19.8 Å². The number of hydrogen-bond donors (Lipinski definition) is 2. The number of allylic oxidation sites excluding steroid dienone is 8. The van der Waals surface area contributed by atoms with Crippen molar-refractivity contribution in [3.63, 3.8) is 0 Å². The summed E-state index contributed by atoms with van der Waals surface area (Å²) in [4.78, 5) is 34.9. The van der Waals surface area contributed by atoms with Crippen molar-refractivity contribution in [3.8, 4) is 0 Å². The van der Waals surface area contributed by atoms with Gasteiger partial charge in [-0.1, -0.05) is 178 Å². The van der Waals surface area contributed by atoms with Crippen molar-refractivity contribution < 1.29 is 37.6 Å². The van der Waals surface area contributed by atoms with E-state index in [9.17, 15) is 19.0 Å². The van der Waals surface area contributed by atoms with E-state index in [0.717, 1.165) is 64.2 Å². The second-order valence-electron chi connectivity index (χ2n) is 14.5. The van der Waals surface area contributed by atoms with E-state index in [4.69, 9.17) is 24.3 Å². The van der Waals surface area contributed by atoms with Gasteiger partial charge in [0.15, 0.2) is 6.10 Å². The molecule has 2 atom stereocenters. The molecule has 0 radical (unpaired) electrons. The molecular formula is C45H82NO8P. The molecule has 0 aromatic heterocycles. The Morgan fingerprint density at radius 1 is 0.564 bits per heavy atom. The second-order valence-corrected chi connectivity index (χ2v) is 16.0. The fraction of sp³-hybridized carbons (Fsp3) is 0.778. The minimum Gasteiger partial charge on any atom is -0.462 e. The molecule has 0 heterocycles. The highest BCUT2D eigenvalue weighted by atomic mass is 31.2. The van der Waals surface area contributed by atoms with Crippen molar-refractivity contribution in [2.45, 2.75) is 200 Å². The fourth-order valence-corrected chi connectivity index (χ4v) is 6.74. The van der Waals surface area contributed by atoms with Crippen LogP contribution in [0, 0.1) is 0 Å². The fourth-order valence-electron chi connectivity index (χ4n) is 5.98. The average Bonchev–Trinajstić information content (AvgIpc) is 3.17. The standard InChI is InChI=1S/C45H82NO8P/c1-3-5-7-9-11-13-15-17-19-21-23-25-27-29-31-33-35-37-44(47)51-41-43(42-53-55(49,50)52-40-39-46)54-45(48)38-36-34-32-30-28-26-24-22-20-18-16-14-12-10-8-6-4-2/h5,7,11,13,17,19,23,25,43H,3-4,6,8-10,12,14-16,18,20-22,24,26-42,46H2,1-2H3,(H,49,50). The first kappa shape index (κ1) is 53.0. The molecule has 0 aliphatic carbocycles. The van der Waals surface area contributed by atoms with Gasteiger partial charge in [0, 0.05) is 19.4 Å². The lowest BCUT2D eigenvalue weighted by molar-refractivity contribution is -0.161. The van der Waals surface area contributed by atoms with Gasteiger partial charge in [-0.25, -0.2) is 4.57 Å². The maximum absolute atomic E-state index is 12.6. The van der Waals surface area contributed by atoms with Crippen LogP contribution in [0.2, 0.25) is 0 Å². The third-order valence-corrected chi connectivity index (χ3v) is 10.2. The van der Waals surface area contributed by atoms with Crippen LogP contribution >= 0.6 is 7.82 Å². The second kappa shape index (κ2) is 41.6. The number of ether oxygens (including phenoxy) is 2. The van der Waals surface area contributed by atoms with Crippen LogP contribution in [0.25, 0.3) is 0 Å². The maximum Gasteiger partial charge on any atom is 0.472 e. The average molecular weight is 796 g/mol. The van der Waals surface area contributed by atoms with Crippen molar-refractivity contribution in [2.75, 3.05) is 26.4 Å². The molecule has 0 saturated carbocycles. The molecule has 0 aromatic carbocycles. The Morgan fingerprint density at radius 2 is 1.00 bits per heavy atom. The summed E-state index contributed by atoms with van der Waals surface area (Å²) in [5.41, 5.74) is 5.35. The Balaban J connectivity index is 4.17. The van der Waals surface area contributed by atoms with Gasteiger partial charge in [0.05, 0.1) is 13.2 Å². The molecule has 0 saturated heterocycles. The highest BCUT2D eigenvalue weighted by molar-refractivity contribution is 7.47. The normalized spacial score (nSPS) is 13.7. The third-order valence-electron chi connectivity index (χ3n) is 9.23. The number of esters is 2. The third kappa shape index (κ3) is 41.4. The van der Waals surface area contributed by atoms with Crippen LogP contribution < -0.4 is 5.73 Å². The molecule has 0 aromatic rings. The lowest BCUT2D eigenvalue weighted by atomic mass is 10.0. The van der Waals surface area contributed by atoms with Crippen LogP contribution in [0.4, 0.5) is 0 Å². The molecule has 10 heteroatoms. The van der Waals surface area contributed by atoms with E-state index < -0.39 is 32.5 Å². The number of phosphoric acid groups is 1. The molecule has 0 aliphatic rings. The van der Waals surface area contributed by atoms with Crippen LogP contribution in [0.5, 0.6) is 0 Å². The zero-order chi connectivity index (χ0) is 40.3. The molecule has 0 spiro atoms. The van der Waals surface area contributed by atoms with Crippen LogP contribution in [-0.2, 0) is 32.7 Å². The maximum atomic E-state index is 12.6. The quantitative estimate of drug-likeness (QED) is 0.0268. The van der Waals surface area contributed by atoms with Crippen LogP contribution in [0.1, 0.15) is 194 Å². The summed E-state index contributed by atoms with van der Waals surface area (Å²) in [6.07, 6.45) is 47.1. The summed E-state index contributed by atoms with van der Waals surface area (Å²) in [6, 6.07) is 0. The van der Waals surface area contributed by atoms with E-state index in [-0.39, 0.29) is 32.6 Å². The number of rotatable bonds is 41. The molecule has 0 fully saturated rings. The summed E-state index contributed by atoms with van der Waals surface area (Å²) in [6.45, 7) is 3.60. The summed E-state index contributed by atoms with van der Waals surface area (Å²) in [5.74, 6) is -0.853. The van der Waals surface area contributed by atoms with Crippen molar-refractivity contribution in [1.82, 2.24) is 0 Å². The number of nitrogens with two attached hydrogens (primary N) is 1. The van der Waals surface area contributed by atoms with Crippen LogP contribution in [0.3, 0.4) is 0 Å². The SMILES string of the molecule is CCC=CCC=CCC=CCC=CCCCCCCC(=O)OCC(COP(=O)(O)OCCN)OC(=O)CCCCCCCCCCCCCCCCCCC. The Kier molecular flexibility index (Phi) is 40.1. The van der Waals surface area contributed by atoms with Gasteiger partial charge in [-0.15, -0.1) is 0 Å². The molecule has 55 heavy (non-hydrogen) atoms. The van der Waals surface area contributed by atoms with E-state index >= 15 is 0 Å². The Labute approximate surface area is 336 Å². The number of carbonyl (C=O) groups excluding carboxylic acids is 2. The number of unbranched alkanes of at least 4 members (excludes halogenated alkanes) is 20. The van der Waals surface area contributed by atoms with E-state index in [1.165, 1.54) is 89.9 Å². The topological polar surface area (TPSA) is 134 Å². The molecule has 320 valence electrons. The zero-order valence-electron chi connectivity index (χ0n) is 35.2. The minimum absolute atomic E-state index is 0.0493. The highest BCUT2D eigenvalue weighted by Gasteiger charge is 2.26. The number of carbonyl (C=O) groups is 2. The van der Waals surface area contributed by atoms with Crippen molar-refractivity contribution in [1.29, 1.82) is 0 Å². The van der Waals surface area contributed by atoms with Gasteiger partial charge in [0.2, 0.25) is 0 Å². The minimum atomic E-state index is -4.38. The monoisotopic (exact) mass is 796 g/mol. The molecule has 0 rings (SSSR count). The van der Waals surface area contributed by atoms with Gasteiger partial charge in [0.25, 0.3) is 0 Å². The smallest absolute Gasteiger partial charge is 0.462 e. The molecule has 0 aliphatic heterocycles. The predicted molar refractivity (Wildman–Crippen MR) is 229 cm³/mol. The van der Waals surface area contributed by atoms with E-state index in [1.54, 1.807) is 0 Å². The first-order valence-corrected chi connectivity index (χ1v) is 23.6. The van der Waals surface area contributed by atoms with Gasteiger partial charge in [0.1, 0.15) is 6.61 Å². The summed E-state index contributed by atoms with van der Waals surface area (Å²) in [7, 11) is -4.38.